The third-order valence-corrected chi connectivity index (χ3v) is 13.3. The largest absolute Gasteiger partial charge is 0.355 e. The minimum absolute atomic E-state index is 0.170. The highest BCUT2D eigenvalue weighted by Gasteiger charge is 2.52. The molecule has 3 aliphatic rings. The summed E-state index contributed by atoms with van der Waals surface area (Å²) in [4.78, 5) is 37.3. The van der Waals surface area contributed by atoms with Crippen LogP contribution < -0.4 is 15.1 Å². The maximum absolute atomic E-state index is 14.4. The Balaban J connectivity index is 1.11. The van der Waals surface area contributed by atoms with Crippen molar-refractivity contribution in [3.63, 3.8) is 0 Å². The standard InChI is InChI=1S/C35H36FN5O4S2/c1-23-8-5-10-26(36)31(23)38-33(42)29-22-24-14-19-41(28-12-4-3-9-25(28)32(24)46-29)34(43)27-11-6-13-30(37-27)39-17-7-18-40(21-20-39)47(44,45)35(2)15-16-35/h3-6,8-13,22H,7,14-21H2,1-2H3,(H,38,42). The second kappa shape index (κ2) is 12.1. The van der Waals surface area contributed by atoms with Crippen LogP contribution in [0.15, 0.2) is 66.7 Å². The van der Waals surface area contributed by atoms with Crippen LogP contribution in [0.4, 0.5) is 21.6 Å². The molecule has 12 heteroatoms. The Morgan fingerprint density at radius 3 is 2.53 bits per heavy atom. The minimum Gasteiger partial charge on any atom is -0.355 e. The number of para-hydroxylation sites is 2. The van der Waals surface area contributed by atoms with Gasteiger partial charge in [0.1, 0.15) is 17.3 Å². The molecular weight excluding hydrogens is 638 g/mol. The predicted octanol–water partition coefficient (Wildman–Crippen LogP) is 6.11. The fourth-order valence-corrected chi connectivity index (χ4v) is 9.42. The van der Waals surface area contributed by atoms with Gasteiger partial charge in [-0.15, -0.1) is 11.3 Å². The Morgan fingerprint density at radius 1 is 0.957 bits per heavy atom. The summed E-state index contributed by atoms with van der Waals surface area (Å²) >= 11 is 1.33. The maximum Gasteiger partial charge on any atom is 0.276 e. The number of halogens is 1. The minimum atomic E-state index is -3.34. The van der Waals surface area contributed by atoms with Crippen molar-refractivity contribution in [1.82, 2.24) is 9.29 Å². The summed E-state index contributed by atoms with van der Waals surface area (Å²) < 4.78 is 41.7. The lowest BCUT2D eigenvalue weighted by molar-refractivity contribution is 0.0981. The van der Waals surface area contributed by atoms with E-state index in [0.29, 0.717) is 80.4 Å². The molecule has 0 radical (unpaired) electrons. The molecule has 244 valence electrons. The van der Waals surface area contributed by atoms with Gasteiger partial charge in [0.2, 0.25) is 10.0 Å². The van der Waals surface area contributed by atoms with E-state index >= 15 is 0 Å². The zero-order valence-electron chi connectivity index (χ0n) is 26.3. The molecule has 1 N–H and O–H groups in total. The van der Waals surface area contributed by atoms with Gasteiger partial charge >= 0.3 is 0 Å². The Bertz CT molecular complexity index is 1970. The molecule has 0 unspecified atom stereocenters. The molecule has 0 bridgehead atoms. The van der Waals surface area contributed by atoms with Crippen LogP contribution in [0.1, 0.15) is 57.5 Å². The number of rotatable bonds is 6. The van der Waals surface area contributed by atoms with Crippen LogP contribution in [0.3, 0.4) is 0 Å². The lowest BCUT2D eigenvalue weighted by Crippen LogP contribution is -2.41. The average molecular weight is 674 g/mol. The lowest BCUT2D eigenvalue weighted by atomic mass is 10.1. The van der Waals surface area contributed by atoms with E-state index < -0.39 is 20.6 Å². The number of carbonyl (C=O) groups is 2. The molecule has 2 aromatic carbocycles. The molecule has 2 fully saturated rings. The van der Waals surface area contributed by atoms with Crippen molar-refractivity contribution in [3.05, 3.63) is 94.2 Å². The van der Waals surface area contributed by atoms with Gasteiger partial charge in [0, 0.05) is 43.2 Å². The first-order valence-corrected chi connectivity index (χ1v) is 18.1. The topological polar surface area (TPSA) is 103 Å². The molecule has 0 spiro atoms. The van der Waals surface area contributed by atoms with Crippen molar-refractivity contribution in [3.8, 4) is 10.4 Å². The van der Waals surface area contributed by atoms with Crippen molar-refractivity contribution in [2.45, 2.75) is 44.3 Å². The number of anilines is 3. The van der Waals surface area contributed by atoms with Crippen LogP contribution in [0.5, 0.6) is 0 Å². The van der Waals surface area contributed by atoms with Gasteiger partial charge in [-0.1, -0.05) is 36.4 Å². The number of hydrogen-bond acceptors (Lipinski definition) is 7. The third kappa shape index (κ3) is 5.83. The van der Waals surface area contributed by atoms with E-state index in [4.69, 9.17) is 4.98 Å². The van der Waals surface area contributed by atoms with Gasteiger partial charge in [0.05, 0.1) is 21.0 Å². The van der Waals surface area contributed by atoms with Gasteiger partial charge in [0.15, 0.2) is 0 Å². The van der Waals surface area contributed by atoms with Crippen molar-refractivity contribution in [2.75, 3.05) is 47.8 Å². The van der Waals surface area contributed by atoms with E-state index in [0.717, 1.165) is 21.7 Å². The van der Waals surface area contributed by atoms with Crippen molar-refractivity contribution in [1.29, 1.82) is 0 Å². The number of nitrogens with one attached hydrogen (secondary N) is 1. The fraction of sp³-hybridized carbons (Fsp3) is 0.343. The van der Waals surface area contributed by atoms with Crippen LogP contribution in [-0.4, -0.2) is 67.0 Å². The molecule has 4 aromatic rings. The number of sulfonamides is 1. The highest BCUT2D eigenvalue weighted by molar-refractivity contribution is 7.90. The number of aromatic nitrogens is 1. The molecule has 9 nitrogen and oxygen atoms in total. The number of amides is 2. The van der Waals surface area contributed by atoms with Gasteiger partial charge in [-0.2, -0.15) is 4.31 Å². The number of hydrogen-bond donors (Lipinski definition) is 1. The summed E-state index contributed by atoms with van der Waals surface area (Å²) in [5.74, 6) is -0.445. The molecule has 47 heavy (non-hydrogen) atoms. The number of carbonyl (C=O) groups excluding carboxylic acids is 2. The molecule has 2 aromatic heterocycles. The summed E-state index contributed by atoms with van der Waals surface area (Å²) in [6, 6.07) is 19.6. The van der Waals surface area contributed by atoms with E-state index in [1.165, 1.54) is 17.4 Å². The van der Waals surface area contributed by atoms with E-state index in [-0.39, 0.29) is 17.5 Å². The second-order valence-electron chi connectivity index (χ2n) is 12.7. The van der Waals surface area contributed by atoms with Crippen molar-refractivity contribution in [2.24, 2.45) is 0 Å². The zero-order chi connectivity index (χ0) is 32.9. The summed E-state index contributed by atoms with van der Waals surface area (Å²) in [7, 11) is -3.34. The summed E-state index contributed by atoms with van der Waals surface area (Å²) in [6.45, 7) is 5.97. The molecule has 1 saturated carbocycles. The van der Waals surface area contributed by atoms with E-state index in [9.17, 15) is 22.4 Å². The monoisotopic (exact) mass is 673 g/mol. The Hall–Kier alpha value is -4.13. The first-order valence-electron chi connectivity index (χ1n) is 15.9. The summed E-state index contributed by atoms with van der Waals surface area (Å²) in [6.07, 6.45) is 2.62. The quantitative estimate of drug-likeness (QED) is 0.265. The molecule has 1 aliphatic carbocycles. The predicted molar refractivity (Wildman–Crippen MR) is 183 cm³/mol. The molecule has 2 amide bonds. The van der Waals surface area contributed by atoms with Crippen LogP contribution in [-0.2, 0) is 16.4 Å². The van der Waals surface area contributed by atoms with Gasteiger partial charge in [-0.05, 0) is 81.0 Å². The zero-order valence-corrected chi connectivity index (χ0v) is 28.0. The first-order chi connectivity index (χ1) is 22.6. The SMILES string of the molecule is Cc1cccc(F)c1NC(=O)c1cc2c(s1)-c1ccccc1N(C(=O)c1cccc(N3CCCN(S(=O)(=O)C4(C)CC4)CC3)n1)CC2. The molecule has 0 atom stereocenters. The molecular formula is C35H36FN5O4S2. The molecule has 2 aliphatic heterocycles. The Morgan fingerprint density at radius 2 is 1.74 bits per heavy atom. The van der Waals surface area contributed by atoms with Gasteiger partial charge in [-0.25, -0.2) is 17.8 Å². The normalized spacial score (nSPS) is 17.7. The second-order valence-corrected chi connectivity index (χ2v) is 16.2. The lowest BCUT2D eigenvalue weighted by Gasteiger charge is -2.26. The number of benzene rings is 2. The molecule has 1 saturated heterocycles. The number of aryl methyl sites for hydroxylation is 1. The highest BCUT2D eigenvalue weighted by atomic mass is 32.2. The number of thiophene rings is 1. The van der Waals surface area contributed by atoms with E-state index in [1.807, 2.05) is 49.4 Å². The summed E-state index contributed by atoms with van der Waals surface area (Å²) in [5.41, 5.74) is 3.63. The average Bonchev–Trinajstić information content (AvgIpc) is 3.80. The van der Waals surface area contributed by atoms with Crippen molar-refractivity contribution < 1.29 is 22.4 Å². The van der Waals surface area contributed by atoms with Gasteiger partial charge in [-0.3, -0.25) is 9.59 Å². The summed E-state index contributed by atoms with van der Waals surface area (Å²) in [5, 5.41) is 2.73. The number of nitrogens with zero attached hydrogens (tertiary/aromatic N) is 4. The smallest absolute Gasteiger partial charge is 0.276 e. The molecule has 7 rings (SSSR count). The van der Waals surface area contributed by atoms with Crippen LogP contribution in [0.25, 0.3) is 10.4 Å². The third-order valence-electron chi connectivity index (χ3n) is 9.43. The van der Waals surface area contributed by atoms with Gasteiger partial charge in [0.25, 0.3) is 11.8 Å². The maximum atomic E-state index is 14.4. The molecule has 4 heterocycles. The van der Waals surface area contributed by atoms with Crippen LogP contribution >= 0.6 is 11.3 Å². The van der Waals surface area contributed by atoms with E-state index in [1.54, 1.807) is 34.3 Å². The van der Waals surface area contributed by atoms with Crippen molar-refractivity contribution >= 4 is 50.4 Å². The Labute approximate surface area is 278 Å². The van der Waals surface area contributed by atoms with Crippen LogP contribution in [0, 0.1) is 12.7 Å². The van der Waals surface area contributed by atoms with Crippen LogP contribution in [0.2, 0.25) is 0 Å². The number of fused-ring (bicyclic) bond motifs is 3. The Kier molecular flexibility index (Phi) is 8.13. The fourth-order valence-electron chi connectivity index (χ4n) is 6.35. The van der Waals surface area contributed by atoms with Gasteiger partial charge < -0.3 is 15.1 Å². The van der Waals surface area contributed by atoms with E-state index in [2.05, 4.69) is 10.2 Å². The number of pyridine rings is 1. The first kappa shape index (κ1) is 31.5. The highest BCUT2D eigenvalue weighted by Crippen LogP contribution is 2.45.